The summed E-state index contributed by atoms with van der Waals surface area (Å²) in [5, 5.41) is 0. The van der Waals surface area contributed by atoms with Crippen molar-refractivity contribution < 1.29 is 4.79 Å². The van der Waals surface area contributed by atoms with Crippen LogP contribution in [0.5, 0.6) is 0 Å². The van der Waals surface area contributed by atoms with Crippen LogP contribution in [0, 0.1) is 0 Å². The number of hydrogen-bond donors (Lipinski definition) is 0. The van der Waals surface area contributed by atoms with Gasteiger partial charge in [0.25, 0.3) is 0 Å². The van der Waals surface area contributed by atoms with Crippen LogP contribution >= 0.6 is 0 Å². The van der Waals surface area contributed by atoms with E-state index in [0.717, 1.165) is 30.6 Å². The van der Waals surface area contributed by atoms with Crippen LogP contribution in [0.3, 0.4) is 0 Å². The van der Waals surface area contributed by atoms with Crippen LogP contribution < -0.4 is 0 Å². The maximum atomic E-state index is 12.2. The lowest BCUT2D eigenvalue weighted by Crippen LogP contribution is -2.43. The average molecular weight is 244 g/mol. The molecule has 0 aromatic carbocycles. The molecule has 1 unspecified atom stereocenters. The quantitative estimate of drug-likeness (QED) is 0.761. The number of amides is 1. The van der Waals surface area contributed by atoms with Crippen LogP contribution in [0.1, 0.15) is 61.9 Å². The molecule has 1 fully saturated rings. The summed E-state index contributed by atoms with van der Waals surface area (Å²) in [4.78, 5) is 18.9. The minimum Gasteiger partial charge on any atom is -0.334 e. The smallest absolute Gasteiger partial charge is 0.227 e. The molecule has 96 valence electrons. The average Bonchev–Trinajstić information content (AvgIpc) is 2.38. The summed E-state index contributed by atoms with van der Waals surface area (Å²) in [5.74, 6) is 0.761. The summed E-state index contributed by atoms with van der Waals surface area (Å²) >= 11 is 0. The van der Waals surface area contributed by atoms with Gasteiger partial charge in [0.05, 0.1) is 18.2 Å². The molecule has 0 aliphatic carbocycles. The van der Waals surface area contributed by atoms with E-state index in [1.54, 1.807) is 0 Å². The first-order valence-electron chi connectivity index (χ1n) is 6.95. The Labute approximate surface area is 108 Å². The lowest BCUT2D eigenvalue weighted by atomic mass is 9.89. The topological polar surface area (TPSA) is 33.2 Å². The first-order chi connectivity index (χ1) is 8.66. The van der Waals surface area contributed by atoms with Crippen LogP contribution in [0.4, 0.5) is 0 Å². The van der Waals surface area contributed by atoms with Crippen molar-refractivity contribution in [1.82, 2.24) is 9.88 Å². The van der Waals surface area contributed by atoms with Crippen LogP contribution in [-0.4, -0.2) is 22.3 Å². The lowest BCUT2D eigenvalue weighted by Gasteiger charge is -2.39. The van der Waals surface area contributed by atoms with Gasteiger partial charge < -0.3 is 4.90 Å². The van der Waals surface area contributed by atoms with Gasteiger partial charge in [-0.05, 0) is 36.3 Å². The zero-order chi connectivity index (χ0) is 12.7. The van der Waals surface area contributed by atoms with Gasteiger partial charge in [-0.1, -0.05) is 19.9 Å². The Morgan fingerprint density at radius 1 is 1.39 bits per heavy atom. The Bertz CT molecular complexity index is 481. The molecule has 1 aromatic rings. The predicted octanol–water partition coefficient (Wildman–Crippen LogP) is 2.81. The highest BCUT2D eigenvalue weighted by Gasteiger charge is 2.35. The third-order valence-corrected chi connectivity index (χ3v) is 4.17. The highest BCUT2D eigenvalue weighted by Crippen LogP contribution is 2.36. The van der Waals surface area contributed by atoms with E-state index in [4.69, 9.17) is 0 Å². The van der Waals surface area contributed by atoms with Gasteiger partial charge in [-0.3, -0.25) is 9.78 Å². The number of piperidine rings is 1. The fourth-order valence-corrected chi connectivity index (χ4v) is 3.08. The minimum atomic E-state index is 0.246. The van der Waals surface area contributed by atoms with Crippen molar-refractivity contribution in [2.45, 2.75) is 51.5 Å². The van der Waals surface area contributed by atoms with Gasteiger partial charge in [0.15, 0.2) is 0 Å². The van der Waals surface area contributed by atoms with Crippen LogP contribution in [0.25, 0.3) is 0 Å². The Balaban J connectivity index is 2.01. The number of aromatic nitrogens is 1. The molecule has 0 saturated carbocycles. The maximum absolute atomic E-state index is 12.2. The van der Waals surface area contributed by atoms with Gasteiger partial charge in [0, 0.05) is 12.7 Å². The van der Waals surface area contributed by atoms with Gasteiger partial charge in [-0.25, -0.2) is 0 Å². The number of hydrogen-bond acceptors (Lipinski definition) is 2. The normalized spacial score (nSPS) is 22.9. The number of carbonyl (C=O) groups excluding carboxylic acids is 1. The number of fused-ring (bicyclic) bond motifs is 3. The van der Waals surface area contributed by atoms with E-state index >= 15 is 0 Å². The van der Waals surface area contributed by atoms with Crippen molar-refractivity contribution in [3.05, 3.63) is 29.1 Å². The standard InChI is InChI=1S/C15H20N2O/c1-10(2)12-7-11-8-14(18)17-6-4-3-5-13(17)15(11)16-9-12/h7,9-10,13H,3-6,8H2,1-2H3. The second-order valence-corrected chi connectivity index (χ2v) is 5.74. The van der Waals surface area contributed by atoms with E-state index in [1.807, 2.05) is 11.1 Å². The van der Waals surface area contributed by atoms with Crippen molar-refractivity contribution in [3.63, 3.8) is 0 Å². The monoisotopic (exact) mass is 244 g/mol. The largest absolute Gasteiger partial charge is 0.334 e. The van der Waals surface area contributed by atoms with E-state index in [-0.39, 0.29) is 11.9 Å². The van der Waals surface area contributed by atoms with E-state index in [1.165, 1.54) is 12.0 Å². The van der Waals surface area contributed by atoms with Gasteiger partial charge in [-0.15, -0.1) is 0 Å². The van der Waals surface area contributed by atoms with E-state index in [2.05, 4.69) is 24.9 Å². The number of carbonyl (C=O) groups is 1. The van der Waals surface area contributed by atoms with Crippen LogP contribution in [0.2, 0.25) is 0 Å². The van der Waals surface area contributed by atoms with Crippen molar-refractivity contribution in [2.24, 2.45) is 0 Å². The molecule has 0 spiro atoms. The van der Waals surface area contributed by atoms with Gasteiger partial charge >= 0.3 is 0 Å². The molecule has 18 heavy (non-hydrogen) atoms. The van der Waals surface area contributed by atoms with Crippen molar-refractivity contribution in [3.8, 4) is 0 Å². The molecule has 2 aliphatic heterocycles. The van der Waals surface area contributed by atoms with Crippen LogP contribution in [0.15, 0.2) is 12.3 Å². The fraction of sp³-hybridized carbons (Fsp3) is 0.600. The van der Waals surface area contributed by atoms with Crippen molar-refractivity contribution >= 4 is 5.91 Å². The molecule has 1 saturated heterocycles. The molecule has 3 rings (SSSR count). The number of rotatable bonds is 1. The Morgan fingerprint density at radius 2 is 2.22 bits per heavy atom. The first-order valence-corrected chi connectivity index (χ1v) is 6.95. The molecule has 3 heteroatoms. The maximum Gasteiger partial charge on any atom is 0.227 e. The molecule has 1 aromatic heterocycles. The molecule has 2 aliphatic rings. The summed E-state index contributed by atoms with van der Waals surface area (Å²) in [6.45, 7) is 5.25. The fourth-order valence-electron chi connectivity index (χ4n) is 3.08. The molecule has 0 radical (unpaired) electrons. The number of pyridine rings is 1. The predicted molar refractivity (Wildman–Crippen MR) is 70.3 cm³/mol. The molecule has 1 atom stereocenters. The molecular weight excluding hydrogens is 224 g/mol. The third-order valence-electron chi connectivity index (χ3n) is 4.17. The zero-order valence-electron chi connectivity index (χ0n) is 11.1. The Kier molecular flexibility index (Phi) is 2.84. The minimum absolute atomic E-state index is 0.246. The SMILES string of the molecule is CC(C)c1cnc2c(c1)CC(=O)N1CCCCC21. The summed E-state index contributed by atoms with van der Waals surface area (Å²) in [6.07, 6.45) is 5.96. The second kappa shape index (κ2) is 4.38. The molecule has 0 N–H and O–H groups in total. The molecular formula is C15H20N2O. The molecule has 3 nitrogen and oxygen atoms in total. The van der Waals surface area contributed by atoms with Gasteiger partial charge in [0.1, 0.15) is 0 Å². The highest BCUT2D eigenvalue weighted by molar-refractivity contribution is 5.81. The first kappa shape index (κ1) is 11.7. The molecule has 1 amide bonds. The zero-order valence-corrected chi connectivity index (χ0v) is 11.1. The number of nitrogens with zero attached hydrogens (tertiary/aromatic N) is 2. The van der Waals surface area contributed by atoms with Crippen molar-refractivity contribution in [2.75, 3.05) is 6.54 Å². The molecule has 3 heterocycles. The Morgan fingerprint density at radius 3 is 3.00 bits per heavy atom. The summed E-state index contributed by atoms with van der Waals surface area (Å²) in [7, 11) is 0. The van der Waals surface area contributed by atoms with E-state index < -0.39 is 0 Å². The molecule has 0 bridgehead atoms. The summed E-state index contributed by atoms with van der Waals surface area (Å²) in [6, 6.07) is 2.44. The van der Waals surface area contributed by atoms with Gasteiger partial charge in [0.2, 0.25) is 5.91 Å². The summed E-state index contributed by atoms with van der Waals surface area (Å²) < 4.78 is 0. The van der Waals surface area contributed by atoms with Gasteiger partial charge in [-0.2, -0.15) is 0 Å². The van der Waals surface area contributed by atoms with E-state index in [9.17, 15) is 4.79 Å². The third kappa shape index (κ3) is 1.82. The lowest BCUT2D eigenvalue weighted by molar-refractivity contribution is -0.135. The van der Waals surface area contributed by atoms with E-state index in [0.29, 0.717) is 12.3 Å². The van der Waals surface area contributed by atoms with Crippen LogP contribution in [-0.2, 0) is 11.2 Å². The van der Waals surface area contributed by atoms with Crippen molar-refractivity contribution in [1.29, 1.82) is 0 Å². The second-order valence-electron chi connectivity index (χ2n) is 5.74. The Hall–Kier alpha value is -1.38. The summed E-state index contributed by atoms with van der Waals surface area (Å²) in [5.41, 5.74) is 3.55. The highest BCUT2D eigenvalue weighted by atomic mass is 16.2.